The van der Waals surface area contributed by atoms with Crippen molar-refractivity contribution in [3.63, 3.8) is 0 Å². The number of nitrogens with one attached hydrogen (secondary N) is 1. The summed E-state index contributed by atoms with van der Waals surface area (Å²) >= 11 is 0. The average Bonchev–Trinajstić information content (AvgIpc) is 2.89. The molecule has 0 aromatic carbocycles. The van der Waals surface area contributed by atoms with Gasteiger partial charge in [-0.2, -0.15) is 0 Å². The van der Waals surface area contributed by atoms with Crippen molar-refractivity contribution in [2.75, 3.05) is 13.1 Å². The third kappa shape index (κ3) is 4.83. The third-order valence-electron chi connectivity index (χ3n) is 3.66. The largest absolute Gasteiger partial charge is 0.468 e. The van der Waals surface area contributed by atoms with Crippen LogP contribution in [0.25, 0.3) is 0 Å². The Kier molecular flexibility index (Phi) is 7.06. The predicted molar refractivity (Wildman–Crippen MR) is 76.6 cm³/mol. The first-order valence-electron chi connectivity index (χ1n) is 7.21. The van der Waals surface area contributed by atoms with Crippen LogP contribution in [0.15, 0.2) is 22.8 Å². The Morgan fingerprint density at radius 1 is 1.28 bits per heavy atom. The molecular weight excluding hydrogens is 224 g/mol. The van der Waals surface area contributed by atoms with Gasteiger partial charge in [0.2, 0.25) is 0 Å². The van der Waals surface area contributed by atoms with Crippen LogP contribution in [0.5, 0.6) is 0 Å². The van der Waals surface area contributed by atoms with Gasteiger partial charge in [-0.05, 0) is 38.4 Å². The normalized spacial score (nSPS) is 13.4. The van der Waals surface area contributed by atoms with E-state index in [2.05, 4.69) is 37.9 Å². The first-order valence-corrected chi connectivity index (χ1v) is 7.21. The number of furan rings is 1. The quantitative estimate of drug-likeness (QED) is 0.731. The molecule has 0 saturated heterocycles. The molecular formula is C15H28N2O. The van der Waals surface area contributed by atoms with Gasteiger partial charge in [0.15, 0.2) is 0 Å². The molecule has 0 fully saturated rings. The zero-order valence-electron chi connectivity index (χ0n) is 12.3. The monoisotopic (exact) mass is 252 g/mol. The van der Waals surface area contributed by atoms with Crippen molar-refractivity contribution in [2.24, 2.45) is 0 Å². The maximum absolute atomic E-state index is 5.42. The number of hydrogen-bond donors (Lipinski definition) is 1. The molecule has 3 heteroatoms. The van der Waals surface area contributed by atoms with Crippen molar-refractivity contribution < 1.29 is 4.42 Å². The second kappa shape index (κ2) is 8.33. The molecule has 1 aromatic heterocycles. The standard InChI is InChI=1S/C15H28N2O/c1-5-14(6-2)16-11-13(4)17(7-3)12-15-9-8-10-18-15/h8-10,13-14,16H,5-7,11-12H2,1-4H3. The fourth-order valence-corrected chi connectivity index (χ4v) is 2.23. The first kappa shape index (κ1) is 15.3. The number of likely N-dealkylation sites (N-methyl/N-ethyl adjacent to an activating group) is 1. The molecule has 0 radical (unpaired) electrons. The van der Waals surface area contributed by atoms with Gasteiger partial charge in [0.25, 0.3) is 0 Å². The second-order valence-corrected chi connectivity index (χ2v) is 4.91. The average molecular weight is 252 g/mol. The molecule has 0 saturated carbocycles. The lowest BCUT2D eigenvalue weighted by Gasteiger charge is -2.28. The van der Waals surface area contributed by atoms with Crippen molar-refractivity contribution in [1.29, 1.82) is 0 Å². The molecule has 1 atom stereocenters. The zero-order chi connectivity index (χ0) is 13.4. The highest BCUT2D eigenvalue weighted by molar-refractivity contribution is 4.98. The molecule has 0 amide bonds. The molecule has 1 aromatic rings. The number of nitrogens with zero attached hydrogens (tertiary/aromatic N) is 1. The minimum Gasteiger partial charge on any atom is -0.468 e. The number of hydrogen-bond acceptors (Lipinski definition) is 3. The summed E-state index contributed by atoms with van der Waals surface area (Å²) in [6.45, 7) is 12.0. The lowest BCUT2D eigenvalue weighted by Crippen LogP contribution is -2.42. The lowest BCUT2D eigenvalue weighted by molar-refractivity contribution is 0.186. The fraction of sp³-hybridized carbons (Fsp3) is 0.733. The third-order valence-corrected chi connectivity index (χ3v) is 3.66. The lowest BCUT2D eigenvalue weighted by atomic mass is 10.1. The highest BCUT2D eigenvalue weighted by Crippen LogP contribution is 2.09. The maximum Gasteiger partial charge on any atom is 0.117 e. The Labute approximate surface area is 112 Å². The summed E-state index contributed by atoms with van der Waals surface area (Å²) in [5.41, 5.74) is 0. The van der Waals surface area contributed by atoms with Crippen molar-refractivity contribution in [2.45, 2.75) is 59.2 Å². The zero-order valence-corrected chi connectivity index (χ0v) is 12.3. The van der Waals surface area contributed by atoms with Gasteiger partial charge in [-0.25, -0.2) is 0 Å². The summed E-state index contributed by atoms with van der Waals surface area (Å²) in [5, 5.41) is 3.64. The minimum atomic E-state index is 0.528. The maximum atomic E-state index is 5.42. The Morgan fingerprint density at radius 3 is 2.50 bits per heavy atom. The summed E-state index contributed by atoms with van der Waals surface area (Å²) in [6.07, 6.45) is 4.15. The fourth-order valence-electron chi connectivity index (χ4n) is 2.23. The van der Waals surface area contributed by atoms with E-state index in [4.69, 9.17) is 4.42 Å². The smallest absolute Gasteiger partial charge is 0.117 e. The van der Waals surface area contributed by atoms with E-state index in [9.17, 15) is 0 Å². The van der Waals surface area contributed by atoms with E-state index < -0.39 is 0 Å². The van der Waals surface area contributed by atoms with Crippen LogP contribution >= 0.6 is 0 Å². The van der Waals surface area contributed by atoms with Crippen LogP contribution < -0.4 is 5.32 Å². The van der Waals surface area contributed by atoms with Gasteiger partial charge in [0.05, 0.1) is 12.8 Å². The Balaban J connectivity index is 2.39. The van der Waals surface area contributed by atoms with Crippen molar-refractivity contribution in [3.8, 4) is 0 Å². The van der Waals surface area contributed by atoms with Gasteiger partial charge in [0.1, 0.15) is 5.76 Å². The van der Waals surface area contributed by atoms with Crippen LogP contribution in [0, 0.1) is 0 Å². The highest BCUT2D eigenvalue weighted by Gasteiger charge is 2.14. The Bertz CT molecular complexity index is 293. The van der Waals surface area contributed by atoms with E-state index in [-0.39, 0.29) is 0 Å². The van der Waals surface area contributed by atoms with Crippen LogP contribution in [0.1, 0.15) is 46.3 Å². The van der Waals surface area contributed by atoms with Crippen molar-refractivity contribution in [1.82, 2.24) is 10.2 Å². The van der Waals surface area contributed by atoms with Crippen LogP contribution in [0.3, 0.4) is 0 Å². The van der Waals surface area contributed by atoms with E-state index in [1.807, 2.05) is 12.1 Å². The molecule has 1 rings (SSSR count). The van der Waals surface area contributed by atoms with Crippen LogP contribution in [0.2, 0.25) is 0 Å². The summed E-state index contributed by atoms with van der Waals surface area (Å²) in [5.74, 6) is 1.05. The van der Waals surface area contributed by atoms with Gasteiger partial charge in [0, 0.05) is 18.6 Å². The van der Waals surface area contributed by atoms with Gasteiger partial charge in [-0.1, -0.05) is 20.8 Å². The van der Waals surface area contributed by atoms with Gasteiger partial charge < -0.3 is 9.73 Å². The molecule has 18 heavy (non-hydrogen) atoms. The van der Waals surface area contributed by atoms with Gasteiger partial charge in [-0.3, -0.25) is 4.90 Å². The molecule has 0 bridgehead atoms. The topological polar surface area (TPSA) is 28.4 Å². The van der Waals surface area contributed by atoms with E-state index in [1.54, 1.807) is 6.26 Å². The van der Waals surface area contributed by atoms with Crippen LogP contribution in [-0.4, -0.2) is 30.1 Å². The van der Waals surface area contributed by atoms with Crippen molar-refractivity contribution >= 4 is 0 Å². The van der Waals surface area contributed by atoms with Gasteiger partial charge >= 0.3 is 0 Å². The SMILES string of the molecule is CCC(CC)NCC(C)N(CC)Cc1ccco1. The summed E-state index contributed by atoms with van der Waals surface area (Å²) in [4.78, 5) is 2.44. The first-order chi connectivity index (χ1) is 8.71. The highest BCUT2D eigenvalue weighted by atomic mass is 16.3. The van der Waals surface area contributed by atoms with Gasteiger partial charge in [-0.15, -0.1) is 0 Å². The summed E-state index contributed by atoms with van der Waals surface area (Å²) in [7, 11) is 0. The molecule has 1 heterocycles. The van der Waals surface area contributed by atoms with E-state index >= 15 is 0 Å². The van der Waals surface area contributed by atoms with E-state index in [0.717, 1.165) is 25.4 Å². The molecule has 0 spiro atoms. The molecule has 0 aliphatic heterocycles. The Morgan fingerprint density at radius 2 is 2.00 bits per heavy atom. The minimum absolute atomic E-state index is 0.528. The van der Waals surface area contributed by atoms with Crippen molar-refractivity contribution in [3.05, 3.63) is 24.2 Å². The van der Waals surface area contributed by atoms with Crippen LogP contribution in [0.4, 0.5) is 0 Å². The predicted octanol–water partition coefficient (Wildman–Crippen LogP) is 3.27. The molecule has 104 valence electrons. The molecule has 3 nitrogen and oxygen atoms in total. The van der Waals surface area contributed by atoms with Crippen LogP contribution in [-0.2, 0) is 6.54 Å². The van der Waals surface area contributed by atoms with E-state index in [0.29, 0.717) is 12.1 Å². The molecule has 1 unspecified atom stereocenters. The number of rotatable bonds is 9. The second-order valence-electron chi connectivity index (χ2n) is 4.91. The Hall–Kier alpha value is -0.800. The molecule has 1 N–H and O–H groups in total. The molecule has 0 aliphatic rings. The summed E-state index contributed by atoms with van der Waals surface area (Å²) < 4.78 is 5.42. The molecule has 0 aliphatic carbocycles. The van der Waals surface area contributed by atoms with E-state index in [1.165, 1.54) is 12.8 Å². The summed E-state index contributed by atoms with van der Waals surface area (Å²) in [6, 6.07) is 5.18.